The molecule has 1 N–H and O–H groups in total. The van der Waals surface area contributed by atoms with Crippen LogP contribution in [0.2, 0.25) is 0 Å². The van der Waals surface area contributed by atoms with E-state index in [0.717, 1.165) is 5.56 Å². The lowest BCUT2D eigenvalue weighted by molar-refractivity contribution is 0.0949. The molecule has 2 aromatic heterocycles. The molecule has 0 aliphatic heterocycles. The van der Waals surface area contributed by atoms with E-state index in [2.05, 4.69) is 0 Å². The van der Waals surface area contributed by atoms with Gasteiger partial charge in [-0.25, -0.2) is 0 Å². The number of rotatable bonds is 7. The normalized spacial score (nSPS) is 10.9. The van der Waals surface area contributed by atoms with Gasteiger partial charge < -0.3 is 5.11 Å². The molecular formula is C19H16O3S2. The van der Waals surface area contributed by atoms with Crippen LogP contribution in [0, 0.1) is 0 Å². The van der Waals surface area contributed by atoms with Crippen molar-refractivity contribution in [3.8, 4) is 5.75 Å². The first-order valence-corrected chi connectivity index (χ1v) is 9.32. The minimum absolute atomic E-state index is 0.0436. The van der Waals surface area contributed by atoms with Crippen molar-refractivity contribution in [2.45, 2.75) is 18.8 Å². The summed E-state index contributed by atoms with van der Waals surface area (Å²) in [4.78, 5) is 26.4. The van der Waals surface area contributed by atoms with E-state index in [1.807, 2.05) is 35.0 Å². The largest absolute Gasteiger partial charge is 0.508 e. The Morgan fingerprint density at radius 3 is 1.75 bits per heavy atom. The molecule has 0 unspecified atom stereocenters. The molecule has 0 saturated carbocycles. The highest BCUT2D eigenvalue weighted by Crippen LogP contribution is 2.29. The zero-order valence-corrected chi connectivity index (χ0v) is 14.5. The molecule has 0 aliphatic rings. The number of aromatic hydroxyl groups is 1. The molecule has 0 radical (unpaired) electrons. The summed E-state index contributed by atoms with van der Waals surface area (Å²) in [6.07, 6.45) is 0.560. The first-order chi connectivity index (χ1) is 11.6. The van der Waals surface area contributed by atoms with Crippen LogP contribution in [0.3, 0.4) is 0 Å². The fourth-order valence-corrected chi connectivity index (χ4v) is 3.93. The lowest BCUT2D eigenvalue weighted by atomic mass is 9.88. The van der Waals surface area contributed by atoms with Crippen molar-refractivity contribution in [3.63, 3.8) is 0 Å². The second-order valence-electron chi connectivity index (χ2n) is 5.50. The van der Waals surface area contributed by atoms with Gasteiger partial charge in [-0.3, -0.25) is 9.59 Å². The zero-order chi connectivity index (χ0) is 16.9. The first-order valence-electron chi connectivity index (χ1n) is 7.56. The maximum atomic E-state index is 12.5. The third-order valence-electron chi connectivity index (χ3n) is 3.82. The van der Waals surface area contributed by atoms with Crippen molar-refractivity contribution < 1.29 is 14.7 Å². The Kier molecular flexibility index (Phi) is 5.23. The quantitative estimate of drug-likeness (QED) is 0.596. The standard InChI is InChI=1S/C19H16O3S2/c20-15-7-5-13(6-8-15)14(11-16(21)18-3-1-9-23-18)12-17(22)19-4-2-10-24-19/h1-10,14,20H,11-12H2. The fourth-order valence-electron chi connectivity index (χ4n) is 2.58. The van der Waals surface area contributed by atoms with Crippen LogP contribution in [-0.2, 0) is 0 Å². The number of phenols is 1. The summed E-state index contributed by atoms with van der Waals surface area (Å²) in [6.45, 7) is 0. The van der Waals surface area contributed by atoms with Gasteiger partial charge >= 0.3 is 0 Å². The number of ketones is 2. The highest BCUT2D eigenvalue weighted by molar-refractivity contribution is 7.12. The SMILES string of the molecule is O=C(CC(CC(=O)c1cccs1)c1ccc(O)cc1)c1cccs1. The number of thiophene rings is 2. The second-order valence-corrected chi connectivity index (χ2v) is 7.39. The topological polar surface area (TPSA) is 54.4 Å². The number of hydrogen-bond acceptors (Lipinski definition) is 5. The van der Waals surface area contributed by atoms with Crippen LogP contribution < -0.4 is 0 Å². The van der Waals surface area contributed by atoms with Crippen molar-refractivity contribution in [3.05, 3.63) is 74.6 Å². The number of carbonyl (C=O) groups excluding carboxylic acids is 2. The number of Topliss-reactive ketones (excluding diaryl/α,β-unsaturated/α-hetero) is 2. The molecule has 2 heterocycles. The molecule has 0 amide bonds. The summed E-state index contributed by atoms with van der Waals surface area (Å²) in [5, 5.41) is 13.2. The smallest absolute Gasteiger partial charge is 0.173 e. The van der Waals surface area contributed by atoms with Gasteiger partial charge in [-0.1, -0.05) is 24.3 Å². The van der Waals surface area contributed by atoms with Crippen molar-refractivity contribution in [2.75, 3.05) is 0 Å². The summed E-state index contributed by atoms with van der Waals surface area (Å²) in [5.41, 5.74) is 0.891. The molecule has 24 heavy (non-hydrogen) atoms. The Morgan fingerprint density at radius 2 is 1.33 bits per heavy atom. The van der Waals surface area contributed by atoms with E-state index in [1.54, 1.807) is 24.3 Å². The van der Waals surface area contributed by atoms with Gasteiger partial charge in [0.15, 0.2) is 11.6 Å². The Balaban J connectivity index is 1.81. The molecule has 3 rings (SSSR count). The van der Waals surface area contributed by atoms with Crippen LogP contribution in [-0.4, -0.2) is 16.7 Å². The summed E-state index contributed by atoms with van der Waals surface area (Å²) >= 11 is 2.83. The van der Waals surface area contributed by atoms with Gasteiger partial charge in [-0.2, -0.15) is 0 Å². The Hall–Kier alpha value is -2.24. The minimum atomic E-state index is -0.199. The van der Waals surface area contributed by atoms with Crippen molar-refractivity contribution in [1.82, 2.24) is 0 Å². The predicted octanol–water partition coefficient (Wildman–Crippen LogP) is 5.14. The Morgan fingerprint density at radius 1 is 0.833 bits per heavy atom. The van der Waals surface area contributed by atoms with Gasteiger partial charge in [0.1, 0.15) is 5.75 Å². The van der Waals surface area contributed by atoms with E-state index >= 15 is 0 Å². The molecule has 3 nitrogen and oxygen atoms in total. The number of phenolic OH excluding ortho intramolecular Hbond substituents is 1. The van der Waals surface area contributed by atoms with Crippen molar-refractivity contribution >= 4 is 34.2 Å². The second kappa shape index (κ2) is 7.55. The van der Waals surface area contributed by atoms with Gasteiger partial charge in [0.25, 0.3) is 0 Å². The lowest BCUT2D eigenvalue weighted by Crippen LogP contribution is -2.11. The third-order valence-corrected chi connectivity index (χ3v) is 5.64. The van der Waals surface area contributed by atoms with Gasteiger partial charge in [0.05, 0.1) is 9.75 Å². The van der Waals surface area contributed by atoms with Gasteiger partial charge in [0.2, 0.25) is 0 Å². The monoisotopic (exact) mass is 356 g/mol. The molecule has 0 bridgehead atoms. The Labute approximate surface area is 148 Å². The molecule has 0 spiro atoms. The molecule has 5 heteroatoms. The van der Waals surface area contributed by atoms with E-state index in [0.29, 0.717) is 9.75 Å². The van der Waals surface area contributed by atoms with Crippen LogP contribution in [0.25, 0.3) is 0 Å². The zero-order valence-electron chi connectivity index (χ0n) is 12.8. The number of hydrogen-bond donors (Lipinski definition) is 1. The van der Waals surface area contributed by atoms with Gasteiger partial charge in [-0.15, -0.1) is 22.7 Å². The lowest BCUT2D eigenvalue weighted by Gasteiger charge is -2.15. The van der Waals surface area contributed by atoms with E-state index in [4.69, 9.17) is 0 Å². The average molecular weight is 356 g/mol. The van der Waals surface area contributed by atoms with Crippen molar-refractivity contribution in [1.29, 1.82) is 0 Å². The van der Waals surface area contributed by atoms with Crippen LogP contribution in [0.1, 0.15) is 43.7 Å². The highest BCUT2D eigenvalue weighted by Gasteiger charge is 2.22. The number of benzene rings is 1. The van der Waals surface area contributed by atoms with Crippen molar-refractivity contribution in [2.24, 2.45) is 0 Å². The molecule has 3 aromatic rings. The average Bonchev–Trinajstić information content (AvgIpc) is 3.28. The molecule has 0 fully saturated rings. The van der Waals surface area contributed by atoms with E-state index in [1.165, 1.54) is 22.7 Å². The molecule has 0 saturated heterocycles. The summed E-state index contributed by atoms with van der Waals surface area (Å²) in [6, 6.07) is 14.1. The summed E-state index contributed by atoms with van der Waals surface area (Å²) in [5.74, 6) is 0.0607. The molecule has 122 valence electrons. The first kappa shape index (κ1) is 16.6. The molecule has 1 aromatic carbocycles. The third kappa shape index (κ3) is 3.99. The minimum Gasteiger partial charge on any atom is -0.508 e. The van der Waals surface area contributed by atoms with Crippen LogP contribution in [0.5, 0.6) is 5.75 Å². The Bertz CT molecular complexity index is 755. The van der Waals surface area contributed by atoms with Gasteiger partial charge in [0, 0.05) is 12.8 Å². The maximum absolute atomic E-state index is 12.5. The number of carbonyl (C=O) groups is 2. The highest BCUT2D eigenvalue weighted by atomic mass is 32.1. The predicted molar refractivity (Wildman–Crippen MR) is 97.4 cm³/mol. The van der Waals surface area contributed by atoms with Crippen LogP contribution >= 0.6 is 22.7 Å². The molecule has 0 atom stereocenters. The van der Waals surface area contributed by atoms with Crippen LogP contribution in [0.4, 0.5) is 0 Å². The maximum Gasteiger partial charge on any atom is 0.173 e. The summed E-state index contributed by atoms with van der Waals surface area (Å²) < 4.78 is 0. The fraction of sp³-hybridized carbons (Fsp3) is 0.158. The molecular weight excluding hydrogens is 340 g/mol. The van der Waals surface area contributed by atoms with E-state index in [-0.39, 0.29) is 36.1 Å². The van der Waals surface area contributed by atoms with E-state index < -0.39 is 0 Å². The van der Waals surface area contributed by atoms with E-state index in [9.17, 15) is 14.7 Å². The summed E-state index contributed by atoms with van der Waals surface area (Å²) in [7, 11) is 0. The van der Waals surface area contributed by atoms with Crippen LogP contribution in [0.15, 0.2) is 59.3 Å². The van der Waals surface area contributed by atoms with Gasteiger partial charge in [-0.05, 0) is 46.5 Å². The molecule has 0 aliphatic carbocycles.